The summed E-state index contributed by atoms with van der Waals surface area (Å²) in [5.41, 5.74) is 1.36. The van der Waals surface area contributed by atoms with Crippen molar-refractivity contribution in [3.05, 3.63) is 23.9 Å². The number of hydrogen-bond donors (Lipinski definition) is 2. The highest BCUT2D eigenvalue weighted by atomic mass is 127. The Kier molecular flexibility index (Phi) is 8.28. The van der Waals surface area contributed by atoms with Gasteiger partial charge in [-0.3, -0.25) is 9.79 Å². The summed E-state index contributed by atoms with van der Waals surface area (Å²) in [4.78, 5) is 23.2. The zero-order valence-corrected chi connectivity index (χ0v) is 18.5. The Morgan fingerprint density at radius 3 is 2.93 bits per heavy atom. The SMILES string of the molecule is CCNC(=NCCC(=O)Nc1ccc(C)cn1)N1CCC2(CCOC2)C1.I. The molecule has 0 radical (unpaired) electrons. The average Bonchev–Trinajstić information content (AvgIpc) is 3.26. The highest BCUT2D eigenvalue weighted by Crippen LogP contribution is 2.38. The second-order valence-electron chi connectivity index (χ2n) is 7.23. The highest BCUT2D eigenvalue weighted by Gasteiger charge is 2.42. The van der Waals surface area contributed by atoms with E-state index in [0.29, 0.717) is 24.2 Å². The molecule has 1 aromatic heterocycles. The number of anilines is 1. The number of nitrogens with one attached hydrogen (secondary N) is 2. The maximum absolute atomic E-state index is 12.1. The van der Waals surface area contributed by atoms with Crippen LogP contribution in [0.1, 0.15) is 31.7 Å². The topological polar surface area (TPSA) is 78.8 Å². The molecule has 7 nitrogen and oxygen atoms in total. The summed E-state index contributed by atoms with van der Waals surface area (Å²) in [6.07, 6.45) is 4.37. The molecule has 0 bridgehead atoms. The number of rotatable bonds is 5. The molecule has 1 unspecified atom stereocenters. The molecule has 27 heavy (non-hydrogen) atoms. The average molecular weight is 487 g/mol. The molecule has 3 heterocycles. The van der Waals surface area contributed by atoms with E-state index in [4.69, 9.17) is 4.74 Å². The van der Waals surface area contributed by atoms with Crippen LogP contribution in [-0.4, -0.2) is 61.1 Å². The number of carbonyl (C=O) groups is 1. The second-order valence-corrected chi connectivity index (χ2v) is 7.23. The van der Waals surface area contributed by atoms with Gasteiger partial charge >= 0.3 is 0 Å². The van der Waals surface area contributed by atoms with Crippen LogP contribution in [0, 0.1) is 12.3 Å². The lowest BCUT2D eigenvalue weighted by atomic mass is 9.87. The lowest BCUT2D eigenvalue weighted by Gasteiger charge is -2.24. The van der Waals surface area contributed by atoms with Crippen LogP contribution in [0.5, 0.6) is 0 Å². The van der Waals surface area contributed by atoms with Gasteiger partial charge in [0.2, 0.25) is 5.91 Å². The van der Waals surface area contributed by atoms with Crippen molar-refractivity contribution in [1.82, 2.24) is 15.2 Å². The third-order valence-electron chi connectivity index (χ3n) is 5.04. The fraction of sp³-hybridized carbons (Fsp3) is 0.632. The number of ether oxygens (including phenoxy) is 1. The number of amides is 1. The molecule has 0 saturated carbocycles. The van der Waals surface area contributed by atoms with Gasteiger partial charge in [-0.25, -0.2) is 4.98 Å². The van der Waals surface area contributed by atoms with Gasteiger partial charge in [0.1, 0.15) is 5.82 Å². The van der Waals surface area contributed by atoms with Gasteiger partial charge < -0.3 is 20.3 Å². The van der Waals surface area contributed by atoms with Crippen LogP contribution >= 0.6 is 24.0 Å². The van der Waals surface area contributed by atoms with Crippen LogP contribution in [0.25, 0.3) is 0 Å². The Balaban J connectivity index is 0.00000261. The zero-order chi connectivity index (χ0) is 18.4. The van der Waals surface area contributed by atoms with Gasteiger partial charge in [0.25, 0.3) is 0 Å². The molecule has 2 aliphatic rings. The van der Waals surface area contributed by atoms with Gasteiger partial charge in [-0.1, -0.05) is 6.07 Å². The molecule has 1 amide bonds. The van der Waals surface area contributed by atoms with Crippen molar-refractivity contribution in [1.29, 1.82) is 0 Å². The minimum atomic E-state index is -0.0666. The van der Waals surface area contributed by atoms with Gasteiger partial charge in [0, 0.05) is 44.3 Å². The summed E-state index contributed by atoms with van der Waals surface area (Å²) < 4.78 is 5.60. The Labute approximate surface area is 178 Å². The summed E-state index contributed by atoms with van der Waals surface area (Å²) in [5, 5.41) is 6.17. The van der Waals surface area contributed by atoms with Crippen molar-refractivity contribution in [3.8, 4) is 0 Å². The highest BCUT2D eigenvalue weighted by molar-refractivity contribution is 14.0. The largest absolute Gasteiger partial charge is 0.381 e. The van der Waals surface area contributed by atoms with Gasteiger partial charge in [-0.05, 0) is 38.3 Å². The third kappa shape index (κ3) is 6.03. The van der Waals surface area contributed by atoms with Crippen LogP contribution in [0.4, 0.5) is 5.82 Å². The van der Waals surface area contributed by atoms with E-state index in [0.717, 1.165) is 57.2 Å². The number of nitrogens with zero attached hydrogens (tertiary/aromatic N) is 3. The number of pyridine rings is 1. The summed E-state index contributed by atoms with van der Waals surface area (Å²) in [5.74, 6) is 1.42. The molecule has 2 N–H and O–H groups in total. The van der Waals surface area contributed by atoms with Gasteiger partial charge in [0.05, 0.1) is 13.2 Å². The predicted octanol–water partition coefficient (Wildman–Crippen LogP) is 2.41. The number of likely N-dealkylation sites (tertiary alicyclic amines) is 1. The second kappa shape index (κ2) is 10.2. The summed E-state index contributed by atoms with van der Waals surface area (Å²) in [7, 11) is 0. The number of guanidine groups is 1. The van der Waals surface area contributed by atoms with Crippen molar-refractivity contribution in [2.24, 2.45) is 10.4 Å². The fourth-order valence-corrected chi connectivity index (χ4v) is 3.52. The lowest BCUT2D eigenvalue weighted by molar-refractivity contribution is -0.116. The molecule has 8 heteroatoms. The van der Waals surface area contributed by atoms with E-state index in [9.17, 15) is 4.79 Å². The molecule has 1 spiro atoms. The minimum absolute atomic E-state index is 0. The molecule has 0 aromatic carbocycles. The molecule has 2 aliphatic heterocycles. The molecule has 1 atom stereocenters. The van der Waals surface area contributed by atoms with E-state index >= 15 is 0 Å². The maximum Gasteiger partial charge on any atom is 0.227 e. The molecular formula is C19H30IN5O2. The number of aliphatic imine (C=N–C) groups is 1. The van der Waals surface area contributed by atoms with E-state index in [1.807, 2.05) is 19.1 Å². The van der Waals surface area contributed by atoms with Crippen LogP contribution in [0.2, 0.25) is 0 Å². The molecule has 3 rings (SSSR count). The van der Waals surface area contributed by atoms with Gasteiger partial charge in [-0.15, -0.1) is 24.0 Å². The van der Waals surface area contributed by atoms with E-state index in [1.54, 1.807) is 6.20 Å². The van der Waals surface area contributed by atoms with Crippen molar-refractivity contribution in [2.75, 3.05) is 44.7 Å². The quantitative estimate of drug-likeness (QED) is 0.379. The van der Waals surface area contributed by atoms with Crippen LogP contribution in [0.3, 0.4) is 0 Å². The summed E-state index contributed by atoms with van der Waals surface area (Å²) in [6, 6.07) is 3.74. The first kappa shape index (κ1) is 21.9. The van der Waals surface area contributed by atoms with Crippen LogP contribution < -0.4 is 10.6 Å². The van der Waals surface area contributed by atoms with Crippen molar-refractivity contribution in [3.63, 3.8) is 0 Å². The van der Waals surface area contributed by atoms with Crippen LogP contribution in [-0.2, 0) is 9.53 Å². The molecule has 2 fully saturated rings. The number of hydrogen-bond acceptors (Lipinski definition) is 4. The van der Waals surface area contributed by atoms with E-state index < -0.39 is 0 Å². The van der Waals surface area contributed by atoms with E-state index in [-0.39, 0.29) is 29.9 Å². The predicted molar refractivity (Wildman–Crippen MR) is 118 cm³/mol. The van der Waals surface area contributed by atoms with Crippen LogP contribution in [0.15, 0.2) is 23.3 Å². The first-order valence-electron chi connectivity index (χ1n) is 9.44. The number of aromatic nitrogens is 1. The Bertz CT molecular complexity index is 644. The van der Waals surface area contributed by atoms with E-state index in [2.05, 4.69) is 32.4 Å². The molecule has 0 aliphatic carbocycles. The maximum atomic E-state index is 12.1. The molecule has 150 valence electrons. The molecular weight excluding hydrogens is 457 g/mol. The monoisotopic (exact) mass is 487 g/mol. The molecule has 2 saturated heterocycles. The Morgan fingerprint density at radius 2 is 2.26 bits per heavy atom. The van der Waals surface area contributed by atoms with E-state index in [1.165, 1.54) is 0 Å². The zero-order valence-electron chi connectivity index (χ0n) is 16.2. The molecule has 1 aromatic rings. The number of halogens is 1. The van der Waals surface area contributed by atoms with Crippen molar-refractivity contribution >= 4 is 41.7 Å². The lowest BCUT2D eigenvalue weighted by Crippen LogP contribution is -2.41. The number of carbonyl (C=O) groups excluding carboxylic acids is 1. The summed E-state index contributed by atoms with van der Waals surface area (Å²) in [6.45, 7) is 9.01. The number of aryl methyl sites for hydroxylation is 1. The first-order chi connectivity index (χ1) is 12.6. The Morgan fingerprint density at radius 1 is 1.41 bits per heavy atom. The van der Waals surface area contributed by atoms with Crippen molar-refractivity contribution < 1.29 is 9.53 Å². The standard InChI is InChI=1S/C19H29N5O2.HI/c1-3-20-18(24-10-7-19(13-24)8-11-26-14-19)21-9-6-17(25)23-16-5-4-15(2)12-22-16;/h4-5,12H,3,6-11,13-14H2,1-2H3,(H,20,21)(H,22,23,25);1H. The first-order valence-corrected chi connectivity index (χ1v) is 9.44. The smallest absolute Gasteiger partial charge is 0.227 e. The fourth-order valence-electron chi connectivity index (χ4n) is 3.52. The Hall–Kier alpha value is -1.42. The normalized spacial score (nSPS) is 22.0. The van der Waals surface area contributed by atoms with Gasteiger partial charge in [-0.2, -0.15) is 0 Å². The van der Waals surface area contributed by atoms with Gasteiger partial charge in [0.15, 0.2) is 5.96 Å². The summed E-state index contributed by atoms with van der Waals surface area (Å²) >= 11 is 0. The van der Waals surface area contributed by atoms with Crippen molar-refractivity contribution in [2.45, 2.75) is 33.1 Å². The minimum Gasteiger partial charge on any atom is -0.381 e. The third-order valence-corrected chi connectivity index (χ3v) is 5.04.